The number of H-pyrrole nitrogens is 1. The molecule has 5 nitrogen and oxygen atoms in total. The van der Waals surface area contributed by atoms with Gasteiger partial charge in [0.05, 0.1) is 11.9 Å². The minimum atomic E-state index is -0.864. The zero-order chi connectivity index (χ0) is 14.5. The summed E-state index contributed by atoms with van der Waals surface area (Å²) in [5.41, 5.74) is 1.56. The first-order valence-corrected chi connectivity index (χ1v) is 6.74. The maximum Gasteiger partial charge on any atom is 0.327 e. The van der Waals surface area contributed by atoms with Gasteiger partial charge in [0.15, 0.2) is 6.04 Å². The smallest absolute Gasteiger partial charge is 0.327 e. The number of aromatic nitrogens is 2. The van der Waals surface area contributed by atoms with Crippen molar-refractivity contribution in [3.05, 3.63) is 42.2 Å². The van der Waals surface area contributed by atoms with Crippen molar-refractivity contribution < 1.29 is 9.90 Å². The van der Waals surface area contributed by atoms with E-state index in [9.17, 15) is 9.90 Å². The highest BCUT2D eigenvalue weighted by Crippen LogP contribution is 2.22. The van der Waals surface area contributed by atoms with Gasteiger partial charge in [0.25, 0.3) is 0 Å². The van der Waals surface area contributed by atoms with Crippen LogP contribution < -0.4 is 0 Å². The molecule has 1 heterocycles. The summed E-state index contributed by atoms with van der Waals surface area (Å²) in [5.74, 6) is -0.170. The summed E-state index contributed by atoms with van der Waals surface area (Å²) < 4.78 is 0. The number of nitrogens with zero attached hydrogens (tertiary/aromatic N) is 2. The first kappa shape index (κ1) is 14.3. The highest BCUT2D eigenvalue weighted by atomic mass is 16.4. The van der Waals surface area contributed by atoms with E-state index < -0.39 is 12.0 Å². The zero-order valence-corrected chi connectivity index (χ0v) is 11.7. The second kappa shape index (κ2) is 6.34. The molecule has 106 valence electrons. The largest absolute Gasteiger partial charge is 0.480 e. The van der Waals surface area contributed by atoms with Crippen molar-refractivity contribution >= 4 is 5.97 Å². The van der Waals surface area contributed by atoms with Crippen LogP contribution in [0.2, 0.25) is 0 Å². The number of hydrogen-bond donors (Lipinski definition) is 2. The van der Waals surface area contributed by atoms with Crippen molar-refractivity contribution in [2.75, 3.05) is 13.1 Å². The van der Waals surface area contributed by atoms with Crippen LogP contribution in [0.3, 0.4) is 0 Å². The van der Waals surface area contributed by atoms with E-state index in [1.54, 1.807) is 6.20 Å². The second-order valence-corrected chi connectivity index (χ2v) is 4.52. The number of likely N-dealkylation sites (N-methyl/N-ethyl adjacent to an activating group) is 1. The third kappa shape index (κ3) is 2.88. The summed E-state index contributed by atoms with van der Waals surface area (Å²) in [6.07, 6.45) is 1.61. The van der Waals surface area contributed by atoms with Crippen LogP contribution in [0.1, 0.15) is 25.6 Å². The van der Waals surface area contributed by atoms with E-state index in [0.29, 0.717) is 24.6 Å². The van der Waals surface area contributed by atoms with Crippen LogP contribution in [0.15, 0.2) is 36.5 Å². The van der Waals surface area contributed by atoms with Gasteiger partial charge in [-0.25, -0.2) is 4.98 Å². The highest BCUT2D eigenvalue weighted by molar-refractivity contribution is 5.75. The summed E-state index contributed by atoms with van der Waals surface area (Å²) in [4.78, 5) is 20.8. The van der Waals surface area contributed by atoms with Crippen LogP contribution in [-0.4, -0.2) is 39.0 Å². The molecule has 0 aliphatic carbocycles. The van der Waals surface area contributed by atoms with E-state index in [-0.39, 0.29) is 0 Å². The zero-order valence-electron chi connectivity index (χ0n) is 11.7. The van der Waals surface area contributed by atoms with Gasteiger partial charge in [0.1, 0.15) is 5.82 Å². The quantitative estimate of drug-likeness (QED) is 0.848. The average molecular weight is 273 g/mol. The molecule has 0 amide bonds. The van der Waals surface area contributed by atoms with Crippen LogP contribution in [0, 0.1) is 0 Å². The Balaban J connectivity index is 2.32. The number of carboxylic acids is 1. The molecule has 0 spiro atoms. The Bertz CT molecular complexity index is 562. The number of nitrogens with one attached hydrogen (secondary N) is 1. The number of carboxylic acid groups (broad SMARTS) is 1. The molecule has 2 rings (SSSR count). The van der Waals surface area contributed by atoms with Gasteiger partial charge in [-0.1, -0.05) is 44.2 Å². The van der Waals surface area contributed by atoms with Crippen LogP contribution >= 0.6 is 0 Å². The van der Waals surface area contributed by atoms with E-state index in [1.807, 2.05) is 49.1 Å². The standard InChI is InChI=1S/C15H19N3O2/c1-3-18(4-2)13(15(19)20)12-10-16-14(17-12)11-8-6-5-7-9-11/h5-10,13H,3-4H2,1-2H3,(H,16,17)(H,19,20). The lowest BCUT2D eigenvalue weighted by Crippen LogP contribution is -2.34. The van der Waals surface area contributed by atoms with E-state index in [0.717, 1.165) is 5.56 Å². The lowest BCUT2D eigenvalue weighted by molar-refractivity contribution is -0.143. The molecule has 0 radical (unpaired) electrons. The monoisotopic (exact) mass is 273 g/mol. The molecule has 1 aromatic carbocycles. The first-order chi connectivity index (χ1) is 9.67. The van der Waals surface area contributed by atoms with Crippen molar-refractivity contribution in [2.24, 2.45) is 0 Å². The predicted octanol–water partition coefficient (Wildman–Crippen LogP) is 2.54. The van der Waals surface area contributed by atoms with Gasteiger partial charge in [-0.3, -0.25) is 9.69 Å². The molecule has 0 aliphatic rings. The molecular weight excluding hydrogens is 254 g/mol. The fourth-order valence-electron chi connectivity index (χ4n) is 2.29. The maximum atomic E-state index is 11.5. The molecule has 0 saturated carbocycles. The molecule has 1 atom stereocenters. The Morgan fingerprint density at radius 2 is 1.95 bits per heavy atom. The SMILES string of the molecule is CCN(CC)C(C(=O)O)c1cnc(-c2ccccc2)[nH]1. The lowest BCUT2D eigenvalue weighted by Gasteiger charge is -2.24. The van der Waals surface area contributed by atoms with E-state index in [4.69, 9.17) is 0 Å². The fraction of sp³-hybridized carbons (Fsp3) is 0.333. The molecule has 0 saturated heterocycles. The number of hydrogen-bond acceptors (Lipinski definition) is 3. The van der Waals surface area contributed by atoms with E-state index >= 15 is 0 Å². The molecule has 0 aliphatic heterocycles. The van der Waals surface area contributed by atoms with Gasteiger partial charge < -0.3 is 10.1 Å². The van der Waals surface area contributed by atoms with Gasteiger partial charge in [0, 0.05) is 5.56 Å². The van der Waals surface area contributed by atoms with Crippen molar-refractivity contribution in [1.29, 1.82) is 0 Å². The van der Waals surface area contributed by atoms with Crippen molar-refractivity contribution in [2.45, 2.75) is 19.9 Å². The molecule has 2 N–H and O–H groups in total. The molecule has 1 unspecified atom stereocenters. The Morgan fingerprint density at radius 3 is 2.50 bits per heavy atom. The van der Waals surface area contributed by atoms with Gasteiger partial charge >= 0.3 is 5.97 Å². The average Bonchev–Trinajstić information content (AvgIpc) is 2.94. The molecule has 0 bridgehead atoms. The fourth-order valence-corrected chi connectivity index (χ4v) is 2.29. The van der Waals surface area contributed by atoms with Crippen molar-refractivity contribution in [1.82, 2.24) is 14.9 Å². The van der Waals surface area contributed by atoms with Gasteiger partial charge in [0.2, 0.25) is 0 Å². The van der Waals surface area contributed by atoms with Crippen molar-refractivity contribution in [3.8, 4) is 11.4 Å². The Hall–Kier alpha value is -2.14. The number of imidazole rings is 1. The van der Waals surface area contributed by atoms with Gasteiger partial charge in [-0.05, 0) is 13.1 Å². The summed E-state index contributed by atoms with van der Waals surface area (Å²) in [5, 5.41) is 9.45. The van der Waals surface area contributed by atoms with Gasteiger partial charge in [-0.15, -0.1) is 0 Å². The minimum Gasteiger partial charge on any atom is -0.480 e. The molecule has 5 heteroatoms. The minimum absolute atomic E-state index is 0.611. The topological polar surface area (TPSA) is 69.2 Å². The van der Waals surface area contributed by atoms with Crippen molar-refractivity contribution in [3.63, 3.8) is 0 Å². The Kier molecular flexibility index (Phi) is 4.53. The summed E-state index contributed by atoms with van der Waals surface area (Å²) in [6.45, 7) is 5.25. The third-order valence-corrected chi connectivity index (χ3v) is 3.35. The summed E-state index contributed by atoms with van der Waals surface area (Å²) in [7, 11) is 0. The molecule has 1 aromatic heterocycles. The van der Waals surface area contributed by atoms with E-state index in [2.05, 4.69) is 9.97 Å². The Morgan fingerprint density at radius 1 is 1.30 bits per heavy atom. The second-order valence-electron chi connectivity index (χ2n) is 4.52. The molecular formula is C15H19N3O2. The number of aromatic amines is 1. The predicted molar refractivity (Wildman–Crippen MR) is 77.3 cm³/mol. The van der Waals surface area contributed by atoms with Crippen LogP contribution in [0.5, 0.6) is 0 Å². The lowest BCUT2D eigenvalue weighted by atomic mass is 10.2. The number of carbonyl (C=O) groups is 1. The van der Waals surface area contributed by atoms with Crippen LogP contribution in [0.25, 0.3) is 11.4 Å². The van der Waals surface area contributed by atoms with E-state index in [1.165, 1.54) is 0 Å². The third-order valence-electron chi connectivity index (χ3n) is 3.35. The first-order valence-electron chi connectivity index (χ1n) is 6.74. The molecule has 0 fully saturated rings. The summed E-state index contributed by atoms with van der Waals surface area (Å²) >= 11 is 0. The molecule has 2 aromatic rings. The summed E-state index contributed by atoms with van der Waals surface area (Å²) in [6, 6.07) is 8.98. The van der Waals surface area contributed by atoms with Crippen LogP contribution in [0.4, 0.5) is 0 Å². The number of benzene rings is 1. The van der Waals surface area contributed by atoms with Crippen LogP contribution in [-0.2, 0) is 4.79 Å². The maximum absolute atomic E-state index is 11.5. The Labute approximate surface area is 118 Å². The highest BCUT2D eigenvalue weighted by Gasteiger charge is 2.27. The molecule has 20 heavy (non-hydrogen) atoms. The normalized spacial score (nSPS) is 12.6. The van der Waals surface area contributed by atoms with Gasteiger partial charge in [-0.2, -0.15) is 0 Å². The number of aliphatic carboxylic acids is 1. The number of rotatable bonds is 6.